The van der Waals surface area contributed by atoms with Crippen molar-refractivity contribution in [2.45, 2.75) is 0 Å². The summed E-state index contributed by atoms with van der Waals surface area (Å²) in [7, 11) is 1.63. The summed E-state index contributed by atoms with van der Waals surface area (Å²) in [4.78, 5) is 3.74. The van der Waals surface area contributed by atoms with Crippen molar-refractivity contribution in [3.8, 4) is 11.4 Å². The number of aromatic nitrogens is 3. The summed E-state index contributed by atoms with van der Waals surface area (Å²) in [5, 5.41) is 3.89. The first-order valence-corrected chi connectivity index (χ1v) is 3.82. The van der Waals surface area contributed by atoms with Gasteiger partial charge in [0.15, 0.2) is 0 Å². The van der Waals surface area contributed by atoms with E-state index in [1.165, 1.54) is 0 Å². The van der Waals surface area contributed by atoms with Crippen LogP contribution in [0.4, 0.5) is 0 Å². The molecule has 0 aliphatic heterocycles. The normalized spacial score (nSPS) is 9.92. The minimum atomic E-state index is 0.799. The standard InChI is InChI=1S/C9H8N3O/c1-13-9-4-2-3-8(5-9)12-7-10-6-11-12/h2-5,7H,1H3. The average Bonchev–Trinajstić information content (AvgIpc) is 2.71. The van der Waals surface area contributed by atoms with Crippen molar-refractivity contribution in [2.24, 2.45) is 0 Å². The molecule has 1 aromatic carbocycles. The van der Waals surface area contributed by atoms with Crippen LogP contribution in [-0.2, 0) is 0 Å². The Kier molecular flexibility index (Phi) is 1.96. The Balaban J connectivity index is 2.41. The summed E-state index contributed by atoms with van der Waals surface area (Å²) in [5.74, 6) is 0.799. The molecule has 0 spiro atoms. The minimum Gasteiger partial charge on any atom is -0.497 e. The zero-order valence-electron chi connectivity index (χ0n) is 7.14. The van der Waals surface area contributed by atoms with Crippen LogP contribution in [0.2, 0.25) is 0 Å². The van der Waals surface area contributed by atoms with Gasteiger partial charge in [0.05, 0.1) is 12.8 Å². The number of hydrogen-bond acceptors (Lipinski definition) is 3. The average molecular weight is 174 g/mol. The summed E-state index contributed by atoms with van der Waals surface area (Å²) >= 11 is 0. The van der Waals surface area contributed by atoms with Crippen LogP contribution in [0.15, 0.2) is 30.6 Å². The Morgan fingerprint density at radius 2 is 2.38 bits per heavy atom. The molecule has 4 nitrogen and oxygen atoms in total. The fourth-order valence-corrected chi connectivity index (χ4v) is 1.06. The number of benzene rings is 1. The van der Waals surface area contributed by atoms with E-state index >= 15 is 0 Å². The van der Waals surface area contributed by atoms with E-state index in [9.17, 15) is 0 Å². The second kappa shape index (κ2) is 3.26. The fraction of sp³-hybridized carbons (Fsp3) is 0.111. The third kappa shape index (κ3) is 1.51. The molecular weight excluding hydrogens is 166 g/mol. The van der Waals surface area contributed by atoms with Gasteiger partial charge in [-0.25, -0.2) is 9.67 Å². The number of rotatable bonds is 2. The van der Waals surface area contributed by atoms with Crippen LogP contribution >= 0.6 is 0 Å². The maximum Gasteiger partial charge on any atom is 0.221 e. The lowest BCUT2D eigenvalue weighted by Gasteiger charge is -2.02. The first-order valence-electron chi connectivity index (χ1n) is 3.82. The maximum absolute atomic E-state index is 5.08. The van der Waals surface area contributed by atoms with Crippen molar-refractivity contribution in [3.05, 3.63) is 36.9 Å². The van der Waals surface area contributed by atoms with Crippen LogP contribution in [0, 0.1) is 6.33 Å². The highest BCUT2D eigenvalue weighted by Gasteiger charge is 1.97. The van der Waals surface area contributed by atoms with Gasteiger partial charge in [0, 0.05) is 6.07 Å². The van der Waals surface area contributed by atoms with Crippen LogP contribution < -0.4 is 4.74 Å². The van der Waals surface area contributed by atoms with Crippen molar-refractivity contribution < 1.29 is 4.74 Å². The predicted molar refractivity (Wildman–Crippen MR) is 46.7 cm³/mol. The number of methoxy groups -OCH3 is 1. The molecule has 0 aliphatic rings. The van der Waals surface area contributed by atoms with Gasteiger partial charge in [0.25, 0.3) is 0 Å². The molecule has 0 aliphatic carbocycles. The summed E-state index contributed by atoms with van der Waals surface area (Å²) < 4.78 is 6.71. The van der Waals surface area contributed by atoms with Crippen molar-refractivity contribution in [2.75, 3.05) is 7.11 Å². The number of hydrogen-bond donors (Lipinski definition) is 0. The Hall–Kier alpha value is -1.84. The minimum absolute atomic E-state index is 0.799. The van der Waals surface area contributed by atoms with Gasteiger partial charge in [-0.3, -0.25) is 0 Å². The highest BCUT2D eigenvalue weighted by atomic mass is 16.5. The van der Waals surface area contributed by atoms with Gasteiger partial charge in [0.2, 0.25) is 6.33 Å². The fourth-order valence-electron chi connectivity index (χ4n) is 1.06. The van der Waals surface area contributed by atoms with Crippen LogP contribution in [0.25, 0.3) is 5.69 Å². The molecule has 4 heteroatoms. The van der Waals surface area contributed by atoms with Crippen molar-refractivity contribution in [3.63, 3.8) is 0 Å². The second-order valence-corrected chi connectivity index (χ2v) is 2.49. The molecule has 0 saturated carbocycles. The predicted octanol–water partition coefficient (Wildman–Crippen LogP) is 1.08. The lowest BCUT2D eigenvalue weighted by molar-refractivity contribution is 0.414. The zero-order valence-corrected chi connectivity index (χ0v) is 7.14. The lowest BCUT2D eigenvalue weighted by Crippen LogP contribution is -1.94. The van der Waals surface area contributed by atoms with Gasteiger partial charge in [-0.15, -0.1) is 5.10 Å². The topological polar surface area (TPSA) is 39.9 Å². The highest BCUT2D eigenvalue weighted by Crippen LogP contribution is 2.14. The summed E-state index contributed by atoms with van der Waals surface area (Å²) in [6.45, 7) is 0. The molecule has 2 rings (SSSR count). The van der Waals surface area contributed by atoms with E-state index in [2.05, 4.69) is 16.4 Å². The van der Waals surface area contributed by atoms with Gasteiger partial charge >= 0.3 is 0 Å². The van der Waals surface area contributed by atoms with Crippen molar-refractivity contribution in [1.29, 1.82) is 0 Å². The zero-order chi connectivity index (χ0) is 9.10. The first kappa shape index (κ1) is 7.79. The molecule has 0 atom stereocenters. The molecule has 0 unspecified atom stereocenters. The molecule has 0 saturated heterocycles. The molecule has 1 aromatic heterocycles. The van der Waals surface area contributed by atoms with Crippen LogP contribution in [0.1, 0.15) is 0 Å². The first-order chi connectivity index (χ1) is 6.40. The van der Waals surface area contributed by atoms with E-state index in [1.54, 1.807) is 18.1 Å². The van der Waals surface area contributed by atoms with E-state index in [4.69, 9.17) is 4.74 Å². The number of ether oxygens (including phenoxy) is 1. The SMILES string of the molecule is COc1cccc(-n2cn[c]n2)c1. The maximum atomic E-state index is 5.08. The van der Waals surface area contributed by atoms with E-state index in [0.717, 1.165) is 11.4 Å². The monoisotopic (exact) mass is 174 g/mol. The molecule has 0 N–H and O–H groups in total. The second-order valence-electron chi connectivity index (χ2n) is 2.49. The van der Waals surface area contributed by atoms with E-state index in [0.29, 0.717) is 0 Å². The third-order valence-corrected chi connectivity index (χ3v) is 1.70. The van der Waals surface area contributed by atoms with E-state index < -0.39 is 0 Å². The molecule has 0 amide bonds. The largest absolute Gasteiger partial charge is 0.497 e. The van der Waals surface area contributed by atoms with Gasteiger partial charge < -0.3 is 4.74 Å². The van der Waals surface area contributed by atoms with Gasteiger partial charge in [0.1, 0.15) is 12.1 Å². The Bertz CT molecular complexity index is 384. The van der Waals surface area contributed by atoms with Gasteiger partial charge in [-0.05, 0) is 12.1 Å². The molecule has 0 bridgehead atoms. The Labute approximate surface area is 75.8 Å². The van der Waals surface area contributed by atoms with Crippen LogP contribution in [0.5, 0.6) is 5.75 Å². The molecule has 13 heavy (non-hydrogen) atoms. The van der Waals surface area contributed by atoms with Crippen molar-refractivity contribution in [1.82, 2.24) is 14.8 Å². The quantitative estimate of drug-likeness (QED) is 0.683. The van der Waals surface area contributed by atoms with Crippen LogP contribution in [0.3, 0.4) is 0 Å². The lowest BCUT2D eigenvalue weighted by atomic mass is 10.3. The van der Waals surface area contributed by atoms with E-state index in [1.807, 2.05) is 24.3 Å². The molecule has 2 aromatic rings. The molecule has 1 heterocycles. The smallest absolute Gasteiger partial charge is 0.221 e. The number of nitrogens with zero attached hydrogens (tertiary/aromatic N) is 3. The van der Waals surface area contributed by atoms with Crippen LogP contribution in [-0.4, -0.2) is 21.9 Å². The Morgan fingerprint density at radius 3 is 3.08 bits per heavy atom. The summed E-state index contributed by atoms with van der Waals surface area (Å²) in [5.41, 5.74) is 0.910. The molecule has 0 fully saturated rings. The van der Waals surface area contributed by atoms with Crippen molar-refractivity contribution >= 4 is 0 Å². The summed E-state index contributed by atoms with van der Waals surface area (Å²) in [6, 6.07) is 7.58. The van der Waals surface area contributed by atoms with E-state index in [-0.39, 0.29) is 0 Å². The highest BCUT2D eigenvalue weighted by molar-refractivity contribution is 5.37. The van der Waals surface area contributed by atoms with Gasteiger partial charge in [-0.1, -0.05) is 6.07 Å². The molecule has 1 radical (unpaired) electrons. The molecular formula is C9H8N3O. The Morgan fingerprint density at radius 1 is 1.46 bits per heavy atom. The third-order valence-electron chi connectivity index (χ3n) is 1.70. The molecule has 65 valence electrons. The summed E-state index contributed by atoms with van der Waals surface area (Å²) in [6.07, 6.45) is 4.08. The van der Waals surface area contributed by atoms with Gasteiger partial charge in [-0.2, -0.15) is 0 Å².